The summed E-state index contributed by atoms with van der Waals surface area (Å²) in [5.41, 5.74) is 0.506. The molecule has 0 amide bonds. The Labute approximate surface area is 83.0 Å². The Morgan fingerprint density at radius 3 is 2.43 bits per heavy atom. The van der Waals surface area contributed by atoms with Gasteiger partial charge < -0.3 is 0 Å². The van der Waals surface area contributed by atoms with Gasteiger partial charge >= 0.3 is 0 Å². The van der Waals surface area contributed by atoms with Crippen LogP contribution in [0.2, 0.25) is 0 Å². The fraction of sp³-hybridized carbons (Fsp3) is 0.333. The lowest BCUT2D eigenvalue weighted by atomic mass is 10.3. The van der Waals surface area contributed by atoms with Crippen LogP contribution in [0.25, 0.3) is 0 Å². The number of hydrogen-bond donors (Lipinski definition) is 1. The molecule has 1 aromatic rings. The normalized spacial score (nSPS) is 11.2. The molecule has 78 valence electrons. The van der Waals surface area contributed by atoms with Gasteiger partial charge in [-0.2, -0.15) is 0 Å². The van der Waals surface area contributed by atoms with Crippen LogP contribution >= 0.6 is 0 Å². The Hall–Kier alpha value is -1.10. The van der Waals surface area contributed by atoms with E-state index in [4.69, 9.17) is 0 Å². The Bertz CT molecular complexity index is 364. The Morgan fingerprint density at radius 1 is 1.21 bits per heavy atom. The number of nitrogens with one attached hydrogen (secondary N) is 1. The van der Waals surface area contributed by atoms with Gasteiger partial charge in [0.05, 0.1) is 12.4 Å². The molecule has 1 rings (SSSR count). The van der Waals surface area contributed by atoms with E-state index in [1.807, 2.05) is 0 Å². The van der Waals surface area contributed by atoms with E-state index in [1.54, 1.807) is 30.3 Å². The monoisotopic (exact) mass is 217 g/mol. The van der Waals surface area contributed by atoms with Crippen molar-refractivity contribution < 1.29 is 12.8 Å². The third-order valence-electron chi connectivity index (χ3n) is 1.59. The fourth-order valence-corrected chi connectivity index (χ4v) is 2.07. The van der Waals surface area contributed by atoms with Gasteiger partial charge in [-0.25, -0.2) is 8.42 Å². The number of rotatable bonds is 5. The summed E-state index contributed by atoms with van der Waals surface area (Å²) >= 11 is 0. The van der Waals surface area contributed by atoms with E-state index in [9.17, 15) is 12.8 Å². The largest absolute Gasteiger partial charge is 0.284 e. The van der Waals surface area contributed by atoms with Crippen molar-refractivity contribution in [2.24, 2.45) is 0 Å². The van der Waals surface area contributed by atoms with E-state index < -0.39 is 16.7 Å². The average Bonchev–Trinajstić information content (AvgIpc) is 2.16. The van der Waals surface area contributed by atoms with E-state index in [0.29, 0.717) is 5.69 Å². The van der Waals surface area contributed by atoms with Gasteiger partial charge in [-0.1, -0.05) is 18.2 Å². The summed E-state index contributed by atoms with van der Waals surface area (Å²) in [6, 6.07) is 8.54. The maximum atomic E-state index is 11.8. The summed E-state index contributed by atoms with van der Waals surface area (Å²) < 4.78 is 36.7. The summed E-state index contributed by atoms with van der Waals surface area (Å²) in [6.45, 7) is -0.615. The van der Waals surface area contributed by atoms with Gasteiger partial charge in [-0.3, -0.25) is 9.11 Å². The first-order valence-corrected chi connectivity index (χ1v) is 5.91. The lowest BCUT2D eigenvalue weighted by Crippen LogP contribution is -2.16. The van der Waals surface area contributed by atoms with Crippen molar-refractivity contribution in [3.8, 4) is 0 Å². The highest BCUT2D eigenvalue weighted by molar-refractivity contribution is 7.92. The van der Waals surface area contributed by atoms with E-state index in [-0.39, 0.29) is 12.2 Å². The number of sulfonamides is 1. The molecule has 0 fully saturated rings. The first-order chi connectivity index (χ1) is 6.64. The number of para-hydroxylation sites is 1. The molecule has 5 heteroatoms. The second kappa shape index (κ2) is 4.95. The van der Waals surface area contributed by atoms with Crippen LogP contribution in [0.15, 0.2) is 30.3 Å². The van der Waals surface area contributed by atoms with Crippen LogP contribution in [0.4, 0.5) is 10.1 Å². The molecule has 14 heavy (non-hydrogen) atoms. The van der Waals surface area contributed by atoms with Crippen LogP contribution in [-0.4, -0.2) is 20.8 Å². The van der Waals surface area contributed by atoms with Crippen LogP contribution in [0.5, 0.6) is 0 Å². The van der Waals surface area contributed by atoms with Crippen molar-refractivity contribution in [1.82, 2.24) is 0 Å². The van der Waals surface area contributed by atoms with Crippen LogP contribution in [0.1, 0.15) is 6.42 Å². The van der Waals surface area contributed by atoms with Crippen LogP contribution in [-0.2, 0) is 10.0 Å². The van der Waals surface area contributed by atoms with Crippen molar-refractivity contribution in [2.45, 2.75) is 6.42 Å². The number of benzene rings is 1. The number of anilines is 1. The average molecular weight is 217 g/mol. The molecular formula is C9H12FNO2S. The number of hydrogen-bond acceptors (Lipinski definition) is 2. The second-order valence-corrected chi connectivity index (χ2v) is 4.67. The second-order valence-electron chi connectivity index (χ2n) is 2.83. The fourth-order valence-electron chi connectivity index (χ4n) is 0.981. The third-order valence-corrected chi connectivity index (χ3v) is 2.97. The highest BCUT2D eigenvalue weighted by Crippen LogP contribution is 2.08. The maximum Gasteiger partial charge on any atom is 0.232 e. The van der Waals surface area contributed by atoms with Gasteiger partial charge in [0.15, 0.2) is 0 Å². The van der Waals surface area contributed by atoms with Gasteiger partial charge in [-0.05, 0) is 18.6 Å². The van der Waals surface area contributed by atoms with Crippen molar-refractivity contribution in [3.63, 3.8) is 0 Å². The SMILES string of the molecule is O=S(=O)(CCCF)Nc1ccccc1. The summed E-state index contributed by atoms with van der Waals surface area (Å²) in [6.07, 6.45) is 0.0299. The van der Waals surface area contributed by atoms with Crippen molar-refractivity contribution in [2.75, 3.05) is 17.1 Å². The molecule has 0 heterocycles. The Balaban J connectivity index is 2.60. The first kappa shape index (κ1) is 11.0. The molecule has 0 bridgehead atoms. The van der Waals surface area contributed by atoms with Gasteiger partial charge in [0.1, 0.15) is 0 Å². The molecule has 0 aliphatic rings. The lowest BCUT2D eigenvalue weighted by Gasteiger charge is -2.05. The molecule has 1 aromatic carbocycles. The molecule has 0 radical (unpaired) electrons. The zero-order valence-corrected chi connectivity index (χ0v) is 8.43. The minimum absolute atomic E-state index is 0.0299. The minimum Gasteiger partial charge on any atom is -0.284 e. The maximum absolute atomic E-state index is 11.8. The zero-order valence-electron chi connectivity index (χ0n) is 7.61. The summed E-state index contributed by atoms with van der Waals surface area (Å²) in [5.74, 6) is -0.182. The first-order valence-electron chi connectivity index (χ1n) is 4.25. The molecule has 0 aliphatic heterocycles. The predicted molar refractivity (Wildman–Crippen MR) is 54.4 cm³/mol. The molecule has 0 atom stereocenters. The molecule has 0 saturated carbocycles. The predicted octanol–water partition coefficient (Wildman–Crippen LogP) is 1.79. The van der Waals surface area contributed by atoms with Crippen LogP contribution in [0, 0.1) is 0 Å². The molecule has 1 N–H and O–H groups in total. The van der Waals surface area contributed by atoms with Gasteiger partial charge in [0.2, 0.25) is 10.0 Å². The number of halogens is 1. The highest BCUT2D eigenvalue weighted by Gasteiger charge is 2.08. The standard InChI is InChI=1S/C9H12FNO2S/c10-7-4-8-14(12,13)11-9-5-2-1-3-6-9/h1-3,5-6,11H,4,7-8H2. The van der Waals surface area contributed by atoms with E-state index in [2.05, 4.69) is 4.72 Å². The van der Waals surface area contributed by atoms with Crippen molar-refractivity contribution >= 4 is 15.7 Å². The van der Waals surface area contributed by atoms with Gasteiger partial charge in [0.25, 0.3) is 0 Å². The summed E-state index contributed by atoms with van der Waals surface area (Å²) in [5, 5.41) is 0. The molecular weight excluding hydrogens is 205 g/mol. The minimum atomic E-state index is -3.39. The smallest absolute Gasteiger partial charge is 0.232 e. The summed E-state index contributed by atoms with van der Waals surface area (Å²) in [7, 11) is -3.39. The highest BCUT2D eigenvalue weighted by atomic mass is 32.2. The molecule has 0 spiro atoms. The van der Waals surface area contributed by atoms with E-state index in [0.717, 1.165) is 0 Å². The van der Waals surface area contributed by atoms with Crippen LogP contribution in [0.3, 0.4) is 0 Å². The third kappa shape index (κ3) is 3.74. The van der Waals surface area contributed by atoms with E-state index in [1.165, 1.54) is 0 Å². The Kier molecular flexibility index (Phi) is 3.88. The molecule has 3 nitrogen and oxygen atoms in total. The molecule has 0 unspecified atom stereocenters. The van der Waals surface area contributed by atoms with Crippen molar-refractivity contribution in [1.29, 1.82) is 0 Å². The zero-order chi connectivity index (χ0) is 10.4. The van der Waals surface area contributed by atoms with E-state index >= 15 is 0 Å². The molecule has 0 aromatic heterocycles. The topological polar surface area (TPSA) is 46.2 Å². The van der Waals surface area contributed by atoms with Gasteiger partial charge in [0, 0.05) is 5.69 Å². The van der Waals surface area contributed by atoms with Crippen LogP contribution < -0.4 is 4.72 Å². The Morgan fingerprint density at radius 2 is 1.86 bits per heavy atom. The quantitative estimate of drug-likeness (QED) is 0.817. The van der Waals surface area contributed by atoms with Crippen molar-refractivity contribution in [3.05, 3.63) is 30.3 Å². The lowest BCUT2D eigenvalue weighted by molar-refractivity contribution is 0.484. The summed E-state index contributed by atoms with van der Waals surface area (Å²) in [4.78, 5) is 0. The molecule has 0 aliphatic carbocycles. The molecule has 0 saturated heterocycles. The number of alkyl halides is 1. The van der Waals surface area contributed by atoms with Gasteiger partial charge in [-0.15, -0.1) is 0 Å².